The fraction of sp³-hybridized carbons (Fsp3) is 0. The van der Waals surface area contributed by atoms with E-state index in [9.17, 15) is 9.18 Å². The van der Waals surface area contributed by atoms with Crippen molar-refractivity contribution in [1.29, 1.82) is 0 Å². The highest BCUT2D eigenvalue weighted by Gasteiger charge is 2.17. The zero-order chi connectivity index (χ0) is 12.7. The lowest BCUT2D eigenvalue weighted by Gasteiger charge is -1.98. The standard InChI is InChI=1S/C10H6FN5O2/c11-7-1-4-6(9(12)17)3-18-8(4)2-5(7)10-13-15-16-14-10/h1-3H,(H2,12,17)(H,13,14,15,16). The van der Waals surface area contributed by atoms with Crippen LogP contribution >= 0.6 is 0 Å². The Kier molecular flexibility index (Phi) is 2.09. The lowest BCUT2D eigenvalue weighted by atomic mass is 10.1. The Morgan fingerprint density at radius 2 is 2.28 bits per heavy atom. The van der Waals surface area contributed by atoms with Crippen molar-refractivity contribution in [3.05, 3.63) is 29.8 Å². The smallest absolute Gasteiger partial charge is 0.252 e. The molecule has 7 nitrogen and oxygen atoms in total. The fourth-order valence-electron chi connectivity index (χ4n) is 1.69. The molecule has 1 aromatic carbocycles. The van der Waals surface area contributed by atoms with Crippen molar-refractivity contribution in [3.63, 3.8) is 0 Å². The lowest BCUT2D eigenvalue weighted by Crippen LogP contribution is -2.09. The minimum absolute atomic E-state index is 0.103. The summed E-state index contributed by atoms with van der Waals surface area (Å²) in [6, 6.07) is 2.55. The summed E-state index contributed by atoms with van der Waals surface area (Å²) in [6.07, 6.45) is 1.19. The van der Waals surface area contributed by atoms with Crippen molar-refractivity contribution < 1.29 is 13.6 Å². The van der Waals surface area contributed by atoms with Gasteiger partial charge in [-0.2, -0.15) is 5.21 Å². The molecule has 0 aliphatic rings. The van der Waals surface area contributed by atoms with Gasteiger partial charge in [-0.1, -0.05) is 0 Å². The van der Waals surface area contributed by atoms with E-state index in [1.54, 1.807) is 0 Å². The molecule has 3 N–H and O–H groups in total. The van der Waals surface area contributed by atoms with E-state index in [0.29, 0.717) is 11.0 Å². The summed E-state index contributed by atoms with van der Waals surface area (Å²) in [5, 5.41) is 13.2. The molecule has 2 heterocycles. The van der Waals surface area contributed by atoms with Crippen molar-refractivity contribution in [1.82, 2.24) is 20.6 Å². The van der Waals surface area contributed by atoms with Crippen LogP contribution in [0.2, 0.25) is 0 Å². The van der Waals surface area contributed by atoms with Gasteiger partial charge in [0.15, 0.2) is 0 Å². The first-order valence-electron chi connectivity index (χ1n) is 4.91. The van der Waals surface area contributed by atoms with Gasteiger partial charge in [-0.15, -0.1) is 10.2 Å². The number of primary amides is 1. The number of carbonyl (C=O) groups excluding carboxylic acids is 1. The van der Waals surface area contributed by atoms with Gasteiger partial charge >= 0.3 is 0 Å². The summed E-state index contributed by atoms with van der Waals surface area (Å²) >= 11 is 0. The number of rotatable bonds is 2. The molecule has 90 valence electrons. The van der Waals surface area contributed by atoms with Crippen molar-refractivity contribution >= 4 is 16.9 Å². The minimum Gasteiger partial charge on any atom is -0.463 e. The predicted octanol–water partition coefficient (Wildman–Crippen LogP) is 0.851. The summed E-state index contributed by atoms with van der Waals surface area (Å²) in [7, 11) is 0. The van der Waals surface area contributed by atoms with E-state index in [1.807, 2.05) is 0 Å². The topological polar surface area (TPSA) is 111 Å². The molecule has 1 amide bonds. The molecule has 0 spiro atoms. The first-order valence-corrected chi connectivity index (χ1v) is 4.91. The van der Waals surface area contributed by atoms with E-state index in [0.717, 1.165) is 6.07 Å². The van der Waals surface area contributed by atoms with Gasteiger partial charge in [0.1, 0.15) is 17.7 Å². The van der Waals surface area contributed by atoms with Gasteiger partial charge in [-0.25, -0.2) is 4.39 Å². The second kappa shape index (κ2) is 3.62. The Morgan fingerprint density at radius 3 is 2.94 bits per heavy atom. The predicted molar refractivity (Wildman–Crippen MR) is 57.9 cm³/mol. The molecule has 8 heteroatoms. The number of H-pyrrole nitrogens is 1. The van der Waals surface area contributed by atoms with Gasteiger partial charge in [0.2, 0.25) is 5.82 Å². The fourth-order valence-corrected chi connectivity index (χ4v) is 1.69. The van der Waals surface area contributed by atoms with Crippen LogP contribution in [0.1, 0.15) is 10.4 Å². The van der Waals surface area contributed by atoms with E-state index in [-0.39, 0.29) is 17.0 Å². The first kappa shape index (κ1) is 10.4. The number of amides is 1. The number of nitrogens with two attached hydrogens (primary N) is 1. The van der Waals surface area contributed by atoms with E-state index < -0.39 is 11.7 Å². The highest BCUT2D eigenvalue weighted by molar-refractivity contribution is 6.05. The normalized spacial score (nSPS) is 10.9. The third-order valence-electron chi connectivity index (χ3n) is 2.51. The van der Waals surface area contributed by atoms with E-state index in [2.05, 4.69) is 20.6 Å². The molecule has 0 aliphatic heterocycles. The maximum absolute atomic E-state index is 13.9. The SMILES string of the molecule is NC(=O)c1coc2cc(-c3nn[nH]n3)c(F)cc12. The molecule has 0 aliphatic carbocycles. The molecule has 18 heavy (non-hydrogen) atoms. The van der Waals surface area contributed by atoms with Crippen LogP contribution in [0.4, 0.5) is 4.39 Å². The van der Waals surface area contributed by atoms with E-state index in [1.165, 1.54) is 12.3 Å². The molecule has 0 atom stereocenters. The molecule has 0 fully saturated rings. The Bertz CT molecular complexity index is 734. The molecule has 0 saturated carbocycles. The maximum atomic E-state index is 13.9. The minimum atomic E-state index is -0.680. The number of furan rings is 1. The van der Waals surface area contributed by atoms with Crippen molar-refractivity contribution in [2.75, 3.05) is 0 Å². The van der Waals surface area contributed by atoms with Crippen LogP contribution in [-0.2, 0) is 0 Å². The van der Waals surface area contributed by atoms with E-state index in [4.69, 9.17) is 10.2 Å². The number of nitrogens with zero attached hydrogens (tertiary/aromatic N) is 3. The number of hydrogen-bond donors (Lipinski definition) is 2. The van der Waals surface area contributed by atoms with Crippen LogP contribution in [-0.4, -0.2) is 26.5 Å². The van der Waals surface area contributed by atoms with E-state index >= 15 is 0 Å². The first-order chi connectivity index (χ1) is 8.66. The largest absolute Gasteiger partial charge is 0.463 e. The van der Waals surface area contributed by atoms with Crippen molar-refractivity contribution in [2.24, 2.45) is 5.73 Å². The van der Waals surface area contributed by atoms with Crippen molar-refractivity contribution in [3.8, 4) is 11.4 Å². The molecule has 3 rings (SSSR count). The lowest BCUT2D eigenvalue weighted by molar-refractivity contribution is 0.100. The summed E-state index contributed by atoms with van der Waals surface area (Å²) in [5.41, 5.74) is 5.72. The van der Waals surface area contributed by atoms with Gasteiger partial charge in [0, 0.05) is 5.39 Å². The Hall–Kier alpha value is -2.77. The van der Waals surface area contributed by atoms with Gasteiger partial charge in [-0.3, -0.25) is 4.79 Å². The van der Waals surface area contributed by atoms with Crippen molar-refractivity contribution in [2.45, 2.75) is 0 Å². The average molecular weight is 247 g/mol. The summed E-state index contributed by atoms with van der Waals surface area (Å²) in [6.45, 7) is 0. The number of tetrazole rings is 1. The molecular weight excluding hydrogens is 241 g/mol. The van der Waals surface area contributed by atoms with Crippen LogP contribution in [0.15, 0.2) is 22.8 Å². The number of aromatic nitrogens is 4. The number of halogens is 1. The van der Waals surface area contributed by atoms with Crippen LogP contribution < -0.4 is 5.73 Å². The van der Waals surface area contributed by atoms with Gasteiger partial charge in [0.05, 0.1) is 11.1 Å². The number of hydrogen-bond acceptors (Lipinski definition) is 5. The van der Waals surface area contributed by atoms with Gasteiger partial charge in [-0.05, 0) is 17.3 Å². The number of benzene rings is 1. The monoisotopic (exact) mass is 247 g/mol. The quantitative estimate of drug-likeness (QED) is 0.697. The Morgan fingerprint density at radius 1 is 1.44 bits per heavy atom. The molecule has 0 bridgehead atoms. The number of carbonyl (C=O) groups is 1. The second-order valence-corrected chi connectivity index (χ2v) is 3.58. The van der Waals surface area contributed by atoms with Gasteiger partial charge < -0.3 is 10.2 Å². The highest BCUT2D eigenvalue weighted by atomic mass is 19.1. The third kappa shape index (κ3) is 1.43. The molecule has 0 radical (unpaired) electrons. The molecule has 3 aromatic rings. The molecule has 0 unspecified atom stereocenters. The van der Waals surface area contributed by atoms with Crippen LogP contribution in [0.5, 0.6) is 0 Å². The zero-order valence-electron chi connectivity index (χ0n) is 8.85. The van der Waals surface area contributed by atoms with Gasteiger partial charge in [0.25, 0.3) is 5.91 Å². The third-order valence-corrected chi connectivity index (χ3v) is 2.51. The van der Waals surface area contributed by atoms with Crippen LogP contribution in [0.25, 0.3) is 22.4 Å². The Labute approximate surface area is 98.8 Å². The number of fused-ring (bicyclic) bond motifs is 1. The Balaban J connectivity index is 2.26. The molecule has 2 aromatic heterocycles. The zero-order valence-corrected chi connectivity index (χ0v) is 8.85. The second-order valence-electron chi connectivity index (χ2n) is 3.58. The number of nitrogens with one attached hydrogen (secondary N) is 1. The summed E-state index contributed by atoms with van der Waals surface area (Å²) in [4.78, 5) is 11.1. The summed E-state index contributed by atoms with van der Waals surface area (Å²) < 4.78 is 19.0. The number of aromatic amines is 1. The molecular formula is C10H6FN5O2. The maximum Gasteiger partial charge on any atom is 0.252 e. The highest BCUT2D eigenvalue weighted by Crippen LogP contribution is 2.28. The summed E-state index contributed by atoms with van der Waals surface area (Å²) in [5.74, 6) is -1.17. The molecule has 0 saturated heterocycles. The van der Waals surface area contributed by atoms with Crippen LogP contribution in [0, 0.1) is 5.82 Å². The van der Waals surface area contributed by atoms with Crippen LogP contribution in [0.3, 0.4) is 0 Å². The average Bonchev–Trinajstić information content (AvgIpc) is 2.95.